The minimum absolute atomic E-state index is 0.0410. The first-order valence-corrected chi connectivity index (χ1v) is 10.7. The van der Waals surface area contributed by atoms with Crippen molar-refractivity contribution in [3.05, 3.63) is 33.0 Å². The predicted molar refractivity (Wildman–Crippen MR) is 109 cm³/mol. The van der Waals surface area contributed by atoms with Crippen LogP contribution in [0.2, 0.25) is 0 Å². The molecule has 0 saturated carbocycles. The summed E-state index contributed by atoms with van der Waals surface area (Å²) >= 11 is 1.37. The largest absolute Gasteiger partial charge is 0.351 e. The lowest BCUT2D eigenvalue weighted by Crippen LogP contribution is -2.41. The molecule has 28 heavy (non-hydrogen) atoms. The van der Waals surface area contributed by atoms with E-state index in [1.165, 1.54) is 16.9 Å². The lowest BCUT2D eigenvalue weighted by molar-refractivity contribution is -0.132. The first-order chi connectivity index (χ1) is 13.4. The number of carbonyl (C=O) groups is 2. The maximum atomic E-state index is 12.6. The number of aryl methyl sites for hydroxylation is 3. The van der Waals surface area contributed by atoms with Crippen molar-refractivity contribution in [3.8, 4) is 0 Å². The van der Waals surface area contributed by atoms with Crippen LogP contribution >= 0.6 is 11.3 Å². The van der Waals surface area contributed by atoms with Crippen molar-refractivity contribution in [1.82, 2.24) is 25.0 Å². The van der Waals surface area contributed by atoms with Crippen LogP contribution in [0, 0.1) is 26.7 Å². The van der Waals surface area contributed by atoms with Crippen LogP contribution in [0.3, 0.4) is 0 Å². The lowest BCUT2D eigenvalue weighted by atomic mass is 9.96. The molecule has 1 aliphatic rings. The van der Waals surface area contributed by atoms with Crippen LogP contribution in [0.25, 0.3) is 0 Å². The zero-order valence-corrected chi connectivity index (χ0v) is 17.9. The minimum Gasteiger partial charge on any atom is -0.351 e. The SMILES string of the molecule is Cc1ncsc1C(=O)NCC1CCN(C(=O)CCc2c(C)nn(C)c2C)CC1. The van der Waals surface area contributed by atoms with Crippen LogP contribution in [-0.4, -0.2) is 51.1 Å². The molecule has 1 fully saturated rings. The average molecular weight is 404 g/mol. The van der Waals surface area contributed by atoms with Crippen molar-refractivity contribution in [1.29, 1.82) is 0 Å². The number of carbonyl (C=O) groups excluding carboxylic acids is 2. The summed E-state index contributed by atoms with van der Waals surface area (Å²) in [5.74, 6) is 0.593. The van der Waals surface area contributed by atoms with Gasteiger partial charge in [-0.1, -0.05) is 0 Å². The molecule has 1 saturated heterocycles. The Labute approximate surface area is 170 Å². The molecule has 0 aliphatic carbocycles. The highest BCUT2D eigenvalue weighted by atomic mass is 32.1. The highest BCUT2D eigenvalue weighted by Gasteiger charge is 2.24. The Morgan fingerprint density at radius 3 is 2.50 bits per heavy atom. The number of thiazole rings is 1. The molecule has 3 heterocycles. The maximum absolute atomic E-state index is 12.6. The molecular formula is C20H29N5O2S. The van der Waals surface area contributed by atoms with E-state index < -0.39 is 0 Å². The molecule has 1 N–H and O–H groups in total. The fraction of sp³-hybridized carbons (Fsp3) is 0.600. The molecule has 0 bridgehead atoms. The quantitative estimate of drug-likeness (QED) is 0.803. The second kappa shape index (κ2) is 8.86. The van der Waals surface area contributed by atoms with Gasteiger partial charge in [-0.25, -0.2) is 4.98 Å². The number of likely N-dealkylation sites (tertiary alicyclic amines) is 1. The van der Waals surface area contributed by atoms with Gasteiger partial charge in [-0.2, -0.15) is 5.10 Å². The van der Waals surface area contributed by atoms with E-state index in [1.54, 1.807) is 5.51 Å². The third-order valence-electron chi connectivity index (χ3n) is 5.72. The van der Waals surface area contributed by atoms with Gasteiger partial charge in [0.05, 0.1) is 16.9 Å². The molecule has 8 heteroatoms. The average Bonchev–Trinajstić information content (AvgIpc) is 3.21. The first kappa shape index (κ1) is 20.5. The Morgan fingerprint density at radius 2 is 1.93 bits per heavy atom. The first-order valence-electron chi connectivity index (χ1n) is 9.82. The van der Waals surface area contributed by atoms with Crippen LogP contribution in [0.5, 0.6) is 0 Å². The highest BCUT2D eigenvalue weighted by molar-refractivity contribution is 7.11. The van der Waals surface area contributed by atoms with Gasteiger partial charge in [0.2, 0.25) is 5.91 Å². The van der Waals surface area contributed by atoms with Crippen LogP contribution < -0.4 is 5.32 Å². The summed E-state index contributed by atoms with van der Waals surface area (Å²) in [5.41, 5.74) is 5.81. The Hall–Kier alpha value is -2.22. The number of nitrogens with zero attached hydrogens (tertiary/aromatic N) is 4. The molecule has 2 aromatic rings. The van der Waals surface area contributed by atoms with Crippen molar-refractivity contribution in [3.63, 3.8) is 0 Å². The number of hydrogen-bond acceptors (Lipinski definition) is 5. The van der Waals surface area contributed by atoms with Gasteiger partial charge in [0.25, 0.3) is 5.91 Å². The van der Waals surface area contributed by atoms with E-state index in [1.807, 2.05) is 37.4 Å². The summed E-state index contributed by atoms with van der Waals surface area (Å²) in [7, 11) is 1.94. The minimum atomic E-state index is -0.0410. The van der Waals surface area contributed by atoms with E-state index in [-0.39, 0.29) is 11.8 Å². The third-order valence-corrected chi connectivity index (χ3v) is 6.65. The fourth-order valence-corrected chi connectivity index (χ4v) is 4.51. The zero-order valence-electron chi connectivity index (χ0n) is 17.1. The van der Waals surface area contributed by atoms with Gasteiger partial charge in [-0.3, -0.25) is 14.3 Å². The molecule has 0 radical (unpaired) electrons. The molecule has 0 spiro atoms. The van der Waals surface area contributed by atoms with E-state index >= 15 is 0 Å². The topological polar surface area (TPSA) is 80.1 Å². The summed E-state index contributed by atoms with van der Waals surface area (Å²) in [5, 5.41) is 7.44. The smallest absolute Gasteiger partial charge is 0.263 e. The number of rotatable bonds is 6. The zero-order chi connectivity index (χ0) is 20.3. The second-order valence-corrected chi connectivity index (χ2v) is 8.43. The molecule has 152 valence electrons. The summed E-state index contributed by atoms with van der Waals surface area (Å²) < 4.78 is 1.88. The van der Waals surface area contributed by atoms with Crippen LogP contribution in [0.4, 0.5) is 0 Å². The molecule has 1 aliphatic heterocycles. The highest BCUT2D eigenvalue weighted by Crippen LogP contribution is 2.20. The van der Waals surface area contributed by atoms with Crippen LogP contribution in [0.15, 0.2) is 5.51 Å². The number of piperidine rings is 1. The summed E-state index contributed by atoms with van der Waals surface area (Å²) in [6, 6.07) is 0. The van der Waals surface area contributed by atoms with Crippen molar-refractivity contribution < 1.29 is 9.59 Å². The van der Waals surface area contributed by atoms with E-state index in [9.17, 15) is 9.59 Å². The maximum Gasteiger partial charge on any atom is 0.263 e. The fourth-order valence-electron chi connectivity index (χ4n) is 3.79. The molecule has 0 aromatic carbocycles. The Bertz CT molecular complexity index is 849. The lowest BCUT2D eigenvalue weighted by Gasteiger charge is -2.32. The normalized spacial score (nSPS) is 15.1. The number of hydrogen-bond donors (Lipinski definition) is 1. The Kier molecular flexibility index (Phi) is 6.49. The van der Waals surface area contributed by atoms with Crippen LogP contribution in [0.1, 0.15) is 51.6 Å². The van der Waals surface area contributed by atoms with E-state index in [2.05, 4.69) is 15.4 Å². The van der Waals surface area contributed by atoms with E-state index in [4.69, 9.17) is 0 Å². The molecule has 2 aromatic heterocycles. The van der Waals surface area contributed by atoms with E-state index in [0.717, 1.165) is 49.4 Å². The summed E-state index contributed by atoms with van der Waals surface area (Å²) in [6.07, 6.45) is 3.13. The molecule has 0 unspecified atom stereocenters. The second-order valence-electron chi connectivity index (χ2n) is 7.57. The van der Waals surface area contributed by atoms with E-state index in [0.29, 0.717) is 23.8 Å². The van der Waals surface area contributed by atoms with Crippen molar-refractivity contribution in [2.24, 2.45) is 13.0 Å². The number of nitrogens with one attached hydrogen (secondary N) is 1. The van der Waals surface area contributed by atoms with Gasteiger partial charge in [0, 0.05) is 38.8 Å². The third kappa shape index (κ3) is 4.60. The summed E-state index contributed by atoms with van der Waals surface area (Å²) in [6.45, 7) is 8.10. The monoisotopic (exact) mass is 403 g/mol. The van der Waals surface area contributed by atoms with Crippen molar-refractivity contribution in [2.75, 3.05) is 19.6 Å². The van der Waals surface area contributed by atoms with Gasteiger partial charge in [0.1, 0.15) is 4.88 Å². The van der Waals surface area contributed by atoms with Gasteiger partial charge in [-0.15, -0.1) is 11.3 Å². The summed E-state index contributed by atoms with van der Waals surface area (Å²) in [4.78, 5) is 31.6. The molecule has 3 rings (SSSR count). The van der Waals surface area contributed by atoms with Gasteiger partial charge in [0.15, 0.2) is 0 Å². The number of aromatic nitrogens is 3. The van der Waals surface area contributed by atoms with Gasteiger partial charge in [-0.05, 0) is 51.5 Å². The molecule has 2 amide bonds. The van der Waals surface area contributed by atoms with Crippen molar-refractivity contribution >= 4 is 23.2 Å². The number of amides is 2. The molecule has 0 atom stereocenters. The molecular weight excluding hydrogens is 374 g/mol. The predicted octanol–water partition coefficient (Wildman–Crippen LogP) is 2.40. The Balaban J connectivity index is 1.41. The molecule has 7 nitrogen and oxygen atoms in total. The van der Waals surface area contributed by atoms with Crippen molar-refractivity contribution in [2.45, 2.75) is 46.5 Å². The Morgan fingerprint density at radius 1 is 1.21 bits per heavy atom. The van der Waals surface area contributed by atoms with Crippen LogP contribution in [-0.2, 0) is 18.3 Å². The van der Waals surface area contributed by atoms with Gasteiger partial charge < -0.3 is 10.2 Å². The van der Waals surface area contributed by atoms with Gasteiger partial charge >= 0.3 is 0 Å². The standard InChI is InChI=1S/C20H29N5O2S/c1-13-17(15(3)24(4)23-13)5-6-18(26)25-9-7-16(8-10-25)11-21-20(27)19-14(2)22-12-28-19/h12,16H,5-11H2,1-4H3,(H,21,27).